The van der Waals surface area contributed by atoms with Gasteiger partial charge in [-0.25, -0.2) is 0 Å². The van der Waals surface area contributed by atoms with Crippen LogP contribution in [0.3, 0.4) is 0 Å². The monoisotopic (exact) mass is 456 g/mol. The fourth-order valence-electron chi connectivity index (χ4n) is 5.90. The Morgan fingerprint density at radius 3 is 2.79 bits per heavy atom. The highest BCUT2D eigenvalue weighted by Gasteiger charge is 2.46. The number of aryl methyl sites for hydroxylation is 2. The number of methoxy groups -OCH3 is 1. The van der Waals surface area contributed by atoms with E-state index in [1.807, 2.05) is 18.3 Å². The molecule has 1 N–H and O–H groups in total. The van der Waals surface area contributed by atoms with Crippen molar-refractivity contribution in [2.24, 2.45) is 0 Å². The number of hydrogen-bond acceptors (Lipinski definition) is 4. The largest absolute Gasteiger partial charge is 0.385 e. The summed E-state index contributed by atoms with van der Waals surface area (Å²) in [6.07, 6.45) is 8.43. The standard InChI is InChI=1S/C30H36N2O2/c1-22-19-24(28-10-4-3-7-23(28)8-6-18-34-2)11-12-27(22)29-14-17-32-21-26(32)13-15-30(29,33)25-9-5-16-31-20-25/h3-5,7,9-12,16,19-20,26,29,33H,6,8,13-15,17-18,21H2,1-2H3. The predicted molar refractivity (Wildman–Crippen MR) is 137 cm³/mol. The van der Waals surface area contributed by atoms with E-state index in [-0.39, 0.29) is 5.92 Å². The molecule has 5 rings (SSSR count). The quantitative estimate of drug-likeness (QED) is 0.378. The third-order valence-corrected chi connectivity index (χ3v) is 7.90. The number of pyridine rings is 1. The second kappa shape index (κ2) is 9.99. The van der Waals surface area contributed by atoms with Gasteiger partial charge in [-0.3, -0.25) is 9.88 Å². The molecule has 2 aromatic carbocycles. The molecule has 4 atom stereocenters. The van der Waals surface area contributed by atoms with Gasteiger partial charge in [0.2, 0.25) is 0 Å². The van der Waals surface area contributed by atoms with Crippen LogP contribution in [0.4, 0.5) is 0 Å². The molecule has 0 saturated carbocycles. The minimum absolute atomic E-state index is 0.0456. The highest BCUT2D eigenvalue weighted by atomic mass is 16.5. The summed E-state index contributed by atoms with van der Waals surface area (Å²) in [6.45, 7) is 5.20. The molecule has 0 aliphatic carbocycles. The first kappa shape index (κ1) is 23.2. The lowest BCUT2D eigenvalue weighted by molar-refractivity contribution is -0.0127. The van der Waals surface area contributed by atoms with E-state index < -0.39 is 5.60 Å². The molecule has 4 unspecified atom stereocenters. The molecule has 0 radical (unpaired) electrons. The van der Waals surface area contributed by atoms with E-state index in [1.165, 1.54) is 34.4 Å². The molecule has 178 valence electrons. The highest BCUT2D eigenvalue weighted by Crippen LogP contribution is 2.47. The number of benzene rings is 2. The lowest BCUT2D eigenvalue weighted by Gasteiger charge is -2.39. The number of ether oxygens (including phenoxy) is 1. The first-order valence-electron chi connectivity index (χ1n) is 12.6. The van der Waals surface area contributed by atoms with Gasteiger partial charge in [0.15, 0.2) is 0 Å². The van der Waals surface area contributed by atoms with Gasteiger partial charge < -0.3 is 9.84 Å². The van der Waals surface area contributed by atoms with Gasteiger partial charge in [0.25, 0.3) is 0 Å². The fourth-order valence-corrected chi connectivity index (χ4v) is 5.90. The summed E-state index contributed by atoms with van der Waals surface area (Å²) in [5.74, 6) is 0.0456. The van der Waals surface area contributed by atoms with Crippen LogP contribution < -0.4 is 0 Å². The first-order chi connectivity index (χ1) is 16.6. The van der Waals surface area contributed by atoms with Gasteiger partial charge in [-0.15, -0.1) is 0 Å². The van der Waals surface area contributed by atoms with E-state index in [9.17, 15) is 5.11 Å². The van der Waals surface area contributed by atoms with E-state index in [4.69, 9.17) is 4.74 Å². The Balaban J connectivity index is 1.49. The van der Waals surface area contributed by atoms with Crippen molar-refractivity contribution in [2.45, 2.75) is 56.6 Å². The molecular weight excluding hydrogens is 420 g/mol. The van der Waals surface area contributed by atoms with Crippen molar-refractivity contribution in [3.63, 3.8) is 0 Å². The first-order valence-corrected chi connectivity index (χ1v) is 12.6. The summed E-state index contributed by atoms with van der Waals surface area (Å²) < 4.78 is 5.27. The SMILES string of the molecule is COCCCc1ccccc1-c1ccc(C2CCN3CC3CCC2(O)c2cccnc2)c(C)c1. The van der Waals surface area contributed by atoms with Crippen molar-refractivity contribution in [3.8, 4) is 11.1 Å². The molecule has 0 amide bonds. The minimum Gasteiger partial charge on any atom is -0.385 e. The van der Waals surface area contributed by atoms with Crippen molar-refractivity contribution in [1.82, 2.24) is 9.88 Å². The zero-order chi connectivity index (χ0) is 23.5. The topological polar surface area (TPSA) is 45.4 Å². The summed E-state index contributed by atoms with van der Waals surface area (Å²) in [5, 5.41) is 12.2. The number of nitrogens with zero attached hydrogens (tertiary/aromatic N) is 2. The summed E-state index contributed by atoms with van der Waals surface area (Å²) in [6, 6.07) is 20.2. The van der Waals surface area contributed by atoms with Crippen molar-refractivity contribution in [1.29, 1.82) is 0 Å². The Morgan fingerprint density at radius 2 is 2.00 bits per heavy atom. The summed E-state index contributed by atoms with van der Waals surface area (Å²) in [4.78, 5) is 6.91. The van der Waals surface area contributed by atoms with Gasteiger partial charge in [-0.1, -0.05) is 48.5 Å². The number of hydrogen-bond donors (Lipinski definition) is 1. The highest BCUT2D eigenvalue weighted by molar-refractivity contribution is 5.69. The van der Waals surface area contributed by atoms with Crippen molar-refractivity contribution >= 4 is 0 Å². The van der Waals surface area contributed by atoms with E-state index in [0.29, 0.717) is 6.04 Å². The maximum atomic E-state index is 12.2. The molecule has 2 aliphatic rings. The zero-order valence-electron chi connectivity index (χ0n) is 20.4. The second-order valence-corrected chi connectivity index (χ2v) is 10.0. The van der Waals surface area contributed by atoms with Crippen LogP contribution in [0.25, 0.3) is 11.1 Å². The van der Waals surface area contributed by atoms with Crippen molar-refractivity contribution in [2.75, 3.05) is 26.8 Å². The van der Waals surface area contributed by atoms with Crippen LogP contribution in [0.5, 0.6) is 0 Å². The Hall–Kier alpha value is -2.53. The van der Waals surface area contributed by atoms with Crippen molar-refractivity contribution in [3.05, 3.63) is 89.2 Å². The van der Waals surface area contributed by atoms with Crippen LogP contribution in [0.2, 0.25) is 0 Å². The average molecular weight is 457 g/mol. The number of aromatic nitrogens is 1. The maximum absolute atomic E-state index is 12.2. The van der Waals surface area contributed by atoms with Crippen LogP contribution in [-0.2, 0) is 16.8 Å². The van der Waals surface area contributed by atoms with Gasteiger partial charge >= 0.3 is 0 Å². The number of fused-ring (bicyclic) bond motifs is 1. The van der Waals surface area contributed by atoms with Gasteiger partial charge in [-0.05, 0) is 79.5 Å². The third-order valence-electron chi connectivity index (χ3n) is 7.90. The summed E-state index contributed by atoms with van der Waals surface area (Å²) >= 11 is 0. The average Bonchev–Trinajstić information content (AvgIpc) is 3.61. The van der Waals surface area contributed by atoms with Gasteiger partial charge in [0, 0.05) is 50.2 Å². The van der Waals surface area contributed by atoms with Crippen LogP contribution >= 0.6 is 0 Å². The third kappa shape index (κ3) is 4.68. The van der Waals surface area contributed by atoms with Crippen LogP contribution in [0.1, 0.15) is 53.9 Å². The molecule has 3 heterocycles. The van der Waals surface area contributed by atoms with Gasteiger partial charge in [0.05, 0.1) is 5.60 Å². The molecule has 1 aromatic heterocycles. The molecule has 0 bridgehead atoms. The van der Waals surface area contributed by atoms with Gasteiger partial charge in [0.1, 0.15) is 0 Å². The normalized spacial score (nSPS) is 26.4. The molecule has 2 aliphatic heterocycles. The maximum Gasteiger partial charge on any atom is 0.0980 e. The summed E-state index contributed by atoms with van der Waals surface area (Å²) in [5.41, 5.74) is 6.45. The smallest absolute Gasteiger partial charge is 0.0980 e. The zero-order valence-corrected chi connectivity index (χ0v) is 20.4. The molecule has 4 heteroatoms. The Bertz CT molecular complexity index is 1120. The van der Waals surface area contributed by atoms with Crippen LogP contribution in [0, 0.1) is 6.92 Å². The summed E-state index contributed by atoms with van der Waals surface area (Å²) in [7, 11) is 1.76. The van der Waals surface area contributed by atoms with Crippen LogP contribution in [0.15, 0.2) is 67.0 Å². The Morgan fingerprint density at radius 1 is 1.12 bits per heavy atom. The lowest BCUT2D eigenvalue weighted by Crippen LogP contribution is -2.37. The fraction of sp³-hybridized carbons (Fsp3) is 0.433. The van der Waals surface area contributed by atoms with E-state index in [2.05, 4.69) is 59.3 Å². The second-order valence-electron chi connectivity index (χ2n) is 10.0. The van der Waals surface area contributed by atoms with E-state index in [0.717, 1.165) is 50.8 Å². The molecule has 34 heavy (non-hydrogen) atoms. The molecule has 4 nitrogen and oxygen atoms in total. The molecular formula is C30H36N2O2. The lowest BCUT2D eigenvalue weighted by atomic mass is 9.71. The molecule has 0 spiro atoms. The van der Waals surface area contributed by atoms with Crippen molar-refractivity contribution < 1.29 is 9.84 Å². The Labute approximate surface area is 203 Å². The van der Waals surface area contributed by atoms with E-state index >= 15 is 0 Å². The molecule has 3 aromatic rings. The van der Waals surface area contributed by atoms with Crippen LogP contribution in [-0.4, -0.2) is 47.8 Å². The number of rotatable bonds is 7. The molecule has 2 fully saturated rings. The minimum atomic E-state index is -0.896. The predicted octanol–water partition coefficient (Wildman–Crippen LogP) is 5.48. The number of aliphatic hydroxyl groups is 1. The van der Waals surface area contributed by atoms with Gasteiger partial charge in [-0.2, -0.15) is 0 Å². The Kier molecular flexibility index (Phi) is 6.82. The van der Waals surface area contributed by atoms with E-state index in [1.54, 1.807) is 13.3 Å². The molecule has 2 saturated heterocycles.